The lowest BCUT2D eigenvalue weighted by atomic mass is 10.1. The Balaban J connectivity index is 1.60. The van der Waals surface area contributed by atoms with Gasteiger partial charge in [-0.05, 0) is 30.2 Å². The van der Waals surface area contributed by atoms with Gasteiger partial charge in [-0.15, -0.1) is 0 Å². The van der Waals surface area contributed by atoms with E-state index in [1.807, 2.05) is 35.2 Å². The first-order valence-electron chi connectivity index (χ1n) is 8.50. The molecule has 1 heterocycles. The highest BCUT2D eigenvalue weighted by molar-refractivity contribution is 5.94. The van der Waals surface area contributed by atoms with Crippen molar-refractivity contribution in [3.8, 4) is 0 Å². The smallest absolute Gasteiger partial charge is 0.254 e. The van der Waals surface area contributed by atoms with Crippen LogP contribution in [0.4, 0.5) is 4.39 Å². The molecule has 0 atom stereocenters. The van der Waals surface area contributed by atoms with Crippen LogP contribution in [0.25, 0.3) is 0 Å². The van der Waals surface area contributed by atoms with Crippen LogP contribution in [0.5, 0.6) is 0 Å². The summed E-state index contributed by atoms with van der Waals surface area (Å²) in [7, 11) is 0. The first-order valence-corrected chi connectivity index (χ1v) is 8.50. The minimum absolute atomic E-state index is 0.0752. The summed E-state index contributed by atoms with van der Waals surface area (Å²) in [5.74, 6) is -0.525. The molecule has 0 bridgehead atoms. The van der Waals surface area contributed by atoms with E-state index in [2.05, 4.69) is 0 Å². The quantitative estimate of drug-likeness (QED) is 0.862. The van der Waals surface area contributed by atoms with E-state index in [0.717, 1.165) is 12.0 Å². The van der Waals surface area contributed by atoms with Gasteiger partial charge < -0.3 is 9.80 Å². The highest BCUT2D eigenvalue weighted by Gasteiger charge is 2.23. The van der Waals surface area contributed by atoms with Gasteiger partial charge in [0.05, 0.1) is 6.42 Å². The van der Waals surface area contributed by atoms with E-state index in [4.69, 9.17) is 0 Å². The fraction of sp³-hybridized carbons (Fsp3) is 0.300. The second kappa shape index (κ2) is 7.92. The van der Waals surface area contributed by atoms with Gasteiger partial charge in [-0.25, -0.2) is 4.39 Å². The van der Waals surface area contributed by atoms with Gasteiger partial charge in [0.25, 0.3) is 5.91 Å². The summed E-state index contributed by atoms with van der Waals surface area (Å²) in [4.78, 5) is 28.5. The van der Waals surface area contributed by atoms with E-state index in [9.17, 15) is 14.0 Å². The molecular weight excluding hydrogens is 319 g/mol. The molecule has 130 valence electrons. The van der Waals surface area contributed by atoms with Crippen molar-refractivity contribution in [2.75, 3.05) is 26.2 Å². The number of halogens is 1. The third-order valence-corrected chi connectivity index (χ3v) is 4.41. The van der Waals surface area contributed by atoms with E-state index >= 15 is 0 Å². The van der Waals surface area contributed by atoms with Crippen LogP contribution < -0.4 is 0 Å². The third kappa shape index (κ3) is 4.44. The number of benzene rings is 2. The standard InChI is InChI=1S/C20H21FN2O2/c21-18-9-4-8-17(15-18)20(25)23-11-5-10-22(12-13-23)19(24)14-16-6-2-1-3-7-16/h1-4,6-9,15H,5,10-14H2. The molecule has 0 radical (unpaired) electrons. The zero-order chi connectivity index (χ0) is 17.6. The van der Waals surface area contributed by atoms with E-state index < -0.39 is 5.82 Å². The zero-order valence-corrected chi connectivity index (χ0v) is 14.0. The van der Waals surface area contributed by atoms with Crippen LogP contribution in [0.15, 0.2) is 54.6 Å². The summed E-state index contributed by atoms with van der Waals surface area (Å²) >= 11 is 0. The largest absolute Gasteiger partial charge is 0.341 e. The summed E-state index contributed by atoms with van der Waals surface area (Å²) in [5, 5.41) is 0. The Hall–Kier alpha value is -2.69. The monoisotopic (exact) mass is 340 g/mol. The number of hydrogen-bond donors (Lipinski definition) is 0. The normalized spacial score (nSPS) is 14.9. The summed E-state index contributed by atoms with van der Waals surface area (Å²) in [5.41, 5.74) is 1.34. The predicted molar refractivity (Wildman–Crippen MR) is 93.6 cm³/mol. The lowest BCUT2D eigenvalue weighted by Gasteiger charge is -2.22. The summed E-state index contributed by atoms with van der Waals surface area (Å²) < 4.78 is 13.3. The van der Waals surface area contributed by atoms with Crippen LogP contribution in [-0.4, -0.2) is 47.8 Å². The van der Waals surface area contributed by atoms with Crippen LogP contribution in [0, 0.1) is 5.82 Å². The highest BCUT2D eigenvalue weighted by Crippen LogP contribution is 2.12. The maximum Gasteiger partial charge on any atom is 0.254 e. The fourth-order valence-corrected chi connectivity index (χ4v) is 3.06. The van der Waals surface area contributed by atoms with Gasteiger partial charge in [0.2, 0.25) is 5.91 Å². The van der Waals surface area contributed by atoms with Crippen molar-refractivity contribution in [1.29, 1.82) is 0 Å². The minimum Gasteiger partial charge on any atom is -0.341 e. The van der Waals surface area contributed by atoms with Crippen LogP contribution in [0.1, 0.15) is 22.3 Å². The molecule has 4 nitrogen and oxygen atoms in total. The maximum atomic E-state index is 13.3. The molecule has 25 heavy (non-hydrogen) atoms. The molecule has 1 aliphatic rings. The SMILES string of the molecule is O=C(Cc1ccccc1)N1CCCN(C(=O)c2cccc(F)c2)CC1. The van der Waals surface area contributed by atoms with Crippen molar-refractivity contribution in [1.82, 2.24) is 9.80 Å². The number of carbonyl (C=O) groups excluding carboxylic acids is 2. The zero-order valence-electron chi connectivity index (χ0n) is 14.0. The number of nitrogens with zero attached hydrogens (tertiary/aromatic N) is 2. The Morgan fingerprint density at radius 2 is 1.60 bits per heavy atom. The first-order chi connectivity index (χ1) is 12.1. The maximum absolute atomic E-state index is 13.3. The number of amides is 2. The van der Waals surface area contributed by atoms with Gasteiger partial charge in [-0.1, -0.05) is 36.4 Å². The van der Waals surface area contributed by atoms with Crippen LogP contribution in [-0.2, 0) is 11.2 Å². The van der Waals surface area contributed by atoms with Gasteiger partial charge >= 0.3 is 0 Å². The van der Waals surface area contributed by atoms with E-state index in [1.54, 1.807) is 11.0 Å². The van der Waals surface area contributed by atoms with Gasteiger partial charge in [-0.3, -0.25) is 9.59 Å². The highest BCUT2D eigenvalue weighted by atomic mass is 19.1. The second-order valence-corrected chi connectivity index (χ2v) is 6.20. The molecule has 0 N–H and O–H groups in total. The molecule has 1 fully saturated rings. The molecule has 2 aromatic carbocycles. The van der Waals surface area contributed by atoms with Gasteiger partial charge in [0.1, 0.15) is 5.82 Å². The second-order valence-electron chi connectivity index (χ2n) is 6.20. The third-order valence-electron chi connectivity index (χ3n) is 4.41. The number of rotatable bonds is 3. The first kappa shape index (κ1) is 17.1. The lowest BCUT2D eigenvalue weighted by Crippen LogP contribution is -2.38. The molecule has 1 aliphatic heterocycles. The topological polar surface area (TPSA) is 40.6 Å². The van der Waals surface area contributed by atoms with Gasteiger partial charge in [0, 0.05) is 31.7 Å². The molecule has 3 rings (SSSR count). The lowest BCUT2D eigenvalue weighted by molar-refractivity contribution is -0.130. The minimum atomic E-state index is -0.416. The Morgan fingerprint density at radius 1 is 0.880 bits per heavy atom. The van der Waals surface area contributed by atoms with Crippen molar-refractivity contribution < 1.29 is 14.0 Å². The van der Waals surface area contributed by atoms with Crippen molar-refractivity contribution in [2.45, 2.75) is 12.8 Å². The molecule has 0 unspecified atom stereocenters. The van der Waals surface area contributed by atoms with Crippen LogP contribution in [0.3, 0.4) is 0 Å². The number of carbonyl (C=O) groups is 2. The molecule has 0 spiro atoms. The molecular formula is C20H21FN2O2. The van der Waals surface area contributed by atoms with Gasteiger partial charge in [-0.2, -0.15) is 0 Å². The molecule has 0 aromatic heterocycles. The summed E-state index contributed by atoms with van der Waals surface area (Å²) in [6, 6.07) is 15.4. The molecule has 1 saturated heterocycles. The fourth-order valence-electron chi connectivity index (χ4n) is 3.06. The van der Waals surface area contributed by atoms with E-state index in [1.165, 1.54) is 18.2 Å². The summed E-state index contributed by atoms with van der Waals surface area (Å²) in [6.45, 7) is 2.19. The van der Waals surface area contributed by atoms with Crippen molar-refractivity contribution in [3.63, 3.8) is 0 Å². The van der Waals surface area contributed by atoms with E-state index in [-0.39, 0.29) is 11.8 Å². The Labute approximate surface area is 146 Å². The average Bonchev–Trinajstić information content (AvgIpc) is 2.88. The molecule has 5 heteroatoms. The Kier molecular flexibility index (Phi) is 5.43. The van der Waals surface area contributed by atoms with Crippen LogP contribution >= 0.6 is 0 Å². The summed E-state index contributed by atoms with van der Waals surface area (Å²) in [6.07, 6.45) is 1.10. The van der Waals surface area contributed by atoms with Crippen molar-refractivity contribution in [3.05, 3.63) is 71.5 Å². The van der Waals surface area contributed by atoms with Crippen molar-refractivity contribution >= 4 is 11.8 Å². The molecule has 0 saturated carbocycles. The van der Waals surface area contributed by atoms with Gasteiger partial charge in [0.15, 0.2) is 0 Å². The number of hydrogen-bond acceptors (Lipinski definition) is 2. The van der Waals surface area contributed by atoms with Crippen LogP contribution in [0.2, 0.25) is 0 Å². The van der Waals surface area contributed by atoms with E-state index in [0.29, 0.717) is 38.2 Å². The Bertz CT molecular complexity index is 748. The Morgan fingerprint density at radius 3 is 2.36 bits per heavy atom. The molecule has 2 aromatic rings. The predicted octanol–water partition coefficient (Wildman–Crippen LogP) is 2.74. The average molecular weight is 340 g/mol. The van der Waals surface area contributed by atoms with Crippen molar-refractivity contribution in [2.24, 2.45) is 0 Å². The molecule has 0 aliphatic carbocycles. The molecule has 2 amide bonds.